The van der Waals surface area contributed by atoms with Gasteiger partial charge in [-0.15, -0.1) is 0 Å². The number of nitrogens with one attached hydrogen (secondary N) is 2. The molecule has 30 heavy (non-hydrogen) atoms. The molecule has 4 rings (SSSR count). The Morgan fingerprint density at radius 3 is 2.53 bits per heavy atom. The van der Waals surface area contributed by atoms with Crippen molar-refractivity contribution in [1.29, 1.82) is 0 Å². The Hall–Kier alpha value is -3.48. The third kappa shape index (κ3) is 4.56. The van der Waals surface area contributed by atoms with Crippen LogP contribution in [0, 0.1) is 5.92 Å². The Morgan fingerprint density at radius 1 is 0.933 bits per heavy atom. The summed E-state index contributed by atoms with van der Waals surface area (Å²) in [6.07, 6.45) is 8.75. The fourth-order valence-electron chi connectivity index (χ4n) is 3.78. The van der Waals surface area contributed by atoms with Crippen LogP contribution in [-0.4, -0.2) is 28.3 Å². The number of pyridine rings is 1. The van der Waals surface area contributed by atoms with Gasteiger partial charge in [-0.25, -0.2) is 9.97 Å². The number of carbonyl (C=O) groups is 2. The summed E-state index contributed by atoms with van der Waals surface area (Å²) in [4.78, 5) is 33.8. The molecule has 0 atom stereocenters. The molecule has 0 unspecified atom stereocenters. The van der Waals surface area contributed by atoms with E-state index < -0.39 is 5.91 Å². The van der Waals surface area contributed by atoms with Crippen molar-refractivity contribution >= 4 is 17.5 Å². The molecule has 0 aliphatic heterocycles. The van der Waals surface area contributed by atoms with Crippen LogP contribution < -0.4 is 10.6 Å². The molecular weight excluding hydrogens is 380 g/mol. The SMILES string of the molecule is O=C(NCC1CCCCC1)c1ncccc1NC(=O)c1ncoc1-c1ccccc1. The lowest BCUT2D eigenvalue weighted by molar-refractivity contribution is 0.0939. The molecule has 2 N–H and O–H groups in total. The van der Waals surface area contributed by atoms with Gasteiger partial charge in [0.05, 0.1) is 5.69 Å². The molecule has 0 radical (unpaired) electrons. The maximum atomic E-state index is 12.9. The summed E-state index contributed by atoms with van der Waals surface area (Å²) in [5.74, 6) is 0.130. The molecule has 1 aliphatic carbocycles. The molecule has 0 spiro atoms. The van der Waals surface area contributed by atoms with Crippen molar-refractivity contribution in [3.8, 4) is 11.3 Å². The number of benzene rings is 1. The molecule has 3 aromatic rings. The first kappa shape index (κ1) is 19.8. The maximum absolute atomic E-state index is 12.9. The van der Waals surface area contributed by atoms with Crippen molar-refractivity contribution in [3.63, 3.8) is 0 Å². The highest BCUT2D eigenvalue weighted by Crippen LogP contribution is 2.25. The molecular formula is C23H24N4O3. The van der Waals surface area contributed by atoms with E-state index in [-0.39, 0.29) is 17.3 Å². The molecule has 1 saturated carbocycles. The van der Waals surface area contributed by atoms with E-state index in [1.165, 1.54) is 31.9 Å². The van der Waals surface area contributed by atoms with Gasteiger partial charge in [-0.1, -0.05) is 49.6 Å². The Bertz CT molecular complexity index is 1010. The number of oxazole rings is 1. The second-order valence-corrected chi connectivity index (χ2v) is 7.46. The molecule has 1 aliphatic rings. The van der Waals surface area contributed by atoms with Gasteiger partial charge < -0.3 is 15.1 Å². The number of hydrogen-bond acceptors (Lipinski definition) is 5. The quantitative estimate of drug-likeness (QED) is 0.638. The standard InChI is InChI=1S/C23H24N4O3/c28-22(25-14-16-8-3-1-4-9-16)19-18(12-7-13-24-19)27-23(29)20-21(30-15-26-20)17-10-5-2-6-11-17/h2,5-7,10-13,15-16H,1,3-4,8-9,14H2,(H,25,28)(H,27,29). The molecule has 1 aromatic carbocycles. The van der Waals surface area contributed by atoms with Crippen molar-refractivity contribution in [2.75, 3.05) is 11.9 Å². The molecule has 0 bridgehead atoms. The summed E-state index contributed by atoms with van der Waals surface area (Å²) in [6, 6.07) is 12.6. The number of carbonyl (C=O) groups excluding carboxylic acids is 2. The Kier molecular flexibility index (Phi) is 6.17. The van der Waals surface area contributed by atoms with Gasteiger partial charge in [0, 0.05) is 18.3 Å². The van der Waals surface area contributed by atoms with Gasteiger partial charge in [-0.05, 0) is 30.9 Å². The number of aromatic nitrogens is 2. The predicted molar refractivity (Wildman–Crippen MR) is 113 cm³/mol. The van der Waals surface area contributed by atoms with Crippen LogP contribution in [0.2, 0.25) is 0 Å². The molecule has 1 fully saturated rings. The van der Waals surface area contributed by atoms with E-state index >= 15 is 0 Å². The lowest BCUT2D eigenvalue weighted by Crippen LogP contribution is -2.31. The zero-order chi connectivity index (χ0) is 20.8. The first-order valence-corrected chi connectivity index (χ1v) is 10.3. The average Bonchev–Trinajstić information content (AvgIpc) is 3.29. The fourth-order valence-corrected chi connectivity index (χ4v) is 3.78. The highest BCUT2D eigenvalue weighted by atomic mass is 16.3. The van der Waals surface area contributed by atoms with Crippen molar-refractivity contribution in [2.24, 2.45) is 5.92 Å². The van der Waals surface area contributed by atoms with Gasteiger partial charge in [0.15, 0.2) is 23.5 Å². The normalized spacial score (nSPS) is 14.3. The summed E-state index contributed by atoms with van der Waals surface area (Å²) in [5.41, 5.74) is 1.42. The first-order valence-electron chi connectivity index (χ1n) is 10.3. The third-order valence-electron chi connectivity index (χ3n) is 5.37. The van der Waals surface area contributed by atoms with E-state index in [9.17, 15) is 9.59 Å². The minimum atomic E-state index is -0.461. The van der Waals surface area contributed by atoms with Crippen LogP contribution in [0.15, 0.2) is 59.5 Å². The zero-order valence-corrected chi connectivity index (χ0v) is 16.6. The van der Waals surface area contributed by atoms with Crippen molar-refractivity contribution in [2.45, 2.75) is 32.1 Å². The Balaban J connectivity index is 1.47. The van der Waals surface area contributed by atoms with Crippen LogP contribution in [0.3, 0.4) is 0 Å². The second kappa shape index (κ2) is 9.35. The molecule has 7 heteroatoms. The minimum Gasteiger partial charge on any atom is -0.443 e. The van der Waals surface area contributed by atoms with E-state index in [2.05, 4.69) is 20.6 Å². The predicted octanol–water partition coefficient (Wildman–Crippen LogP) is 4.30. The zero-order valence-electron chi connectivity index (χ0n) is 16.6. The summed E-state index contributed by atoms with van der Waals surface area (Å²) in [5, 5.41) is 5.72. The van der Waals surface area contributed by atoms with E-state index in [0.717, 1.165) is 18.4 Å². The summed E-state index contributed by atoms with van der Waals surface area (Å²) < 4.78 is 5.43. The van der Waals surface area contributed by atoms with E-state index in [0.29, 0.717) is 23.9 Å². The smallest absolute Gasteiger partial charge is 0.278 e. The Morgan fingerprint density at radius 2 is 1.73 bits per heavy atom. The summed E-state index contributed by atoms with van der Waals surface area (Å²) >= 11 is 0. The Labute approximate surface area is 174 Å². The van der Waals surface area contributed by atoms with Crippen molar-refractivity contribution in [1.82, 2.24) is 15.3 Å². The highest BCUT2D eigenvalue weighted by Gasteiger charge is 2.22. The van der Waals surface area contributed by atoms with Crippen LogP contribution >= 0.6 is 0 Å². The largest absolute Gasteiger partial charge is 0.443 e. The van der Waals surface area contributed by atoms with Crippen LogP contribution in [-0.2, 0) is 0 Å². The van der Waals surface area contributed by atoms with Gasteiger partial charge in [-0.2, -0.15) is 0 Å². The highest BCUT2D eigenvalue weighted by molar-refractivity contribution is 6.09. The monoisotopic (exact) mass is 404 g/mol. The van der Waals surface area contributed by atoms with Crippen molar-refractivity contribution < 1.29 is 14.0 Å². The van der Waals surface area contributed by atoms with E-state index in [4.69, 9.17) is 4.42 Å². The maximum Gasteiger partial charge on any atom is 0.278 e. The van der Waals surface area contributed by atoms with Gasteiger partial charge in [0.1, 0.15) is 0 Å². The average molecular weight is 404 g/mol. The van der Waals surface area contributed by atoms with Crippen LogP contribution in [0.4, 0.5) is 5.69 Å². The van der Waals surface area contributed by atoms with E-state index in [1.54, 1.807) is 12.1 Å². The van der Waals surface area contributed by atoms with Crippen molar-refractivity contribution in [3.05, 3.63) is 66.4 Å². The van der Waals surface area contributed by atoms with Gasteiger partial charge >= 0.3 is 0 Å². The third-order valence-corrected chi connectivity index (χ3v) is 5.37. The van der Waals surface area contributed by atoms with Gasteiger partial charge in [-0.3, -0.25) is 9.59 Å². The topological polar surface area (TPSA) is 97.1 Å². The van der Waals surface area contributed by atoms with E-state index in [1.807, 2.05) is 30.3 Å². The molecule has 154 valence electrons. The lowest BCUT2D eigenvalue weighted by atomic mass is 9.89. The summed E-state index contributed by atoms with van der Waals surface area (Å²) in [6.45, 7) is 0.629. The molecule has 2 amide bonds. The molecule has 2 heterocycles. The van der Waals surface area contributed by atoms with Gasteiger partial charge in [0.25, 0.3) is 11.8 Å². The number of amides is 2. The first-order chi connectivity index (χ1) is 14.7. The van der Waals surface area contributed by atoms with Gasteiger partial charge in [0.2, 0.25) is 0 Å². The minimum absolute atomic E-state index is 0.151. The lowest BCUT2D eigenvalue weighted by Gasteiger charge is -2.21. The van der Waals surface area contributed by atoms with Crippen LogP contribution in [0.1, 0.15) is 53.1 Å². The molecule has 7 nitrogen and oxygen atoms in total. The molecule has 0 saturated heterocycles. The number of hydrogen-bond donors (Lipinski definition) is 2. The van der Waals surface area contributed by atoms with Crippen LogP contribution in [0.25, 0.3) is 11.3 Å². The number of rotatable bonds is 6. The molecule has 2 aromatic heterocycles. The fraction of sp³-hybridized carbons (Fsp3) is 0.304. The number of nitrogens with zero attached hydrogens (tertiary/aromatic N) is 2. The summed E-state index contributed by atoms with van der Waals surface area (Å²) in [7, 11) is 0. The second-order valence-electron chi connectivity index (χ2n) is 7.46. The van der Waals surface area contributed by atoms with Crippen LogP contribution in [0.5, 0.6) is 0 Å². The number of anilines is 1.